The van der Waals surface area contributed by atoms with Crippen LogP contribution in [0.15, 0.2) is 36.5 Å². The van der Waals surface area contributed by atoms with E-state index in [1.165, 1.54) is 12.1 Å². The fourth-order valence-corrected chi connectivity index (χ4v) is 1.45. The van der Waals surface area contributed by atoms with Crippen molar-refractivity contribution in [3.8, 4) is 11.3 Å². The molecule has 0 aliphatic rings. The van der Waals surface area contributed by atoms with Crippen LogP contribution in [0.2, 0.25) is 0 Å². The molecule has 3 nitrogen and oxygen atoms in total. The van der Waals surface area contributed by atoms with Gasteiger partial charge in [-0.05, 0) is 25.2 Å². The Morgan fingerprint density at radius 1 is 1.31 bits per heavy atom. The fourth-order valence-electron chi connectivity index (χ4n) is 1.45. The fraction of sp³-hybridized carbons (Fsp3) is 0.167. The van der Waals surface area contributed by atoms with Crippen molar-refractivity contribution < 1.29 is 4.39 Å². The van der Waals surface area contributed by atoms with E-state index in [9.17, 15) is 4.39 Å². The van der Waals surface area contributed by atoms with Crippen LogP contribution in [0, 0.1) is 5.82 Å². The summed E-state index contributed by atoms with van der Waals surface area (Å²) in [5.74, 6) is 0.440. The summed E-state index contributed by atoms with van der Waals surface area (Å²) in [6.45, 7) is 0.600. The highest BCUT2D eigenvalue weighted by molar-refractivity contribution is 5.58. The molecule has 4 heteroatoms. The van der Waals surface area contributed by atoms with Gasteiger partial charge in [0.25, 0.3) is 0 Å². The van der Waals surface area contributed by atoms with E-state index in [0.29, 0.717) is 12.4 Å². The lowest BCUT2D eigenvalue weighted by molar-refractivity contribution is 0.628. The van der Waals surface area contributed by atoms with Gasteiger partial charge in [0.15, 0.2) is 0 Å². The van der Waals surface area contributed by atoms with Crippen LogP contribution >= 0.6 is 0 Å². The minimum absolute atomic E-state index is 0.258. The van der Waals surface area contributed by atoms with E-state index in [1.807, 2.05) is 13.1 Å². The van der Waals surface area contributed by atoms with E-state index in [-0.39, 0.29) is 5.82 Å². The molecule has 0 fully saturated rings. The first kappa shape index (κ1) is 10.7. The van der Waals surface area contributed by atoms with Gasteiger partial charge in [-0.3, -0.25) is 0 Å². The summed E-state index contributed by atoms with van der Waals surface area (Å²) in [4.78, 5) is 8.44. The number of hydrogen-bond acceptors (Lipinski definition) is 3. The molecule has 16 heavy (non-hydrogen) atoms. The van der Waals surface area contributed by atoms with Gasteiger partial charge in [-0.2, -0.15) is 0 Å². The first-order chi connectivity index (χ1) is 7.79. The molecule has 0 saturated heterocycles. The Morgan fingerprint density at radius 2 is 2.19 bits per heavy atom. The second kappa shape index (κ2) is 4.81. The van der Waals surface area contributed by atoms with Crippen molar-refractivity contribution in [1.82, 2.24) is 15.3 Å². The molecule has 0 spiro atoms. The quantitative estimate of drug-likeness (QED) is 0.854. The molecule has 0 amide bonds. The number of nitrogens with one attached hydrogen (secondary N) is 1. The Morgan fingerprint density at radius 3 is 2.94 bits per heavy atom. The van der Waals surface area contributed by atoms with Crippen LogP contribution in [-0.4, -0.2) is 17.0 Å². The Labute approximate surface area is 93.4 Å². The van der Waals surface area contributed by atoms with Crippen molar-refractivity contribution in [3.05, 3.63) is 48.2 Å². The highest BCUT2D eigenvalue weighted by Crippen LogP contribution is 2.17. The first-order valence-electron chi connectivity index (χ1n) is 5.02. The van der Waals surface area contributed by atoms with Gasteiger partial charge in [0, 0.05) is 11.8 Å². The first-order valence-corrected chi connectivity index (χ1v) is 5.02. The van der Waals surface area contributed by atoms with Gasteiger partial charge in [-0.25, -0.2) is 14.4 Å². The normalized spacial score (nSPS) is 10.4. The number of nitrogens with zero attached hydrogens (tertiary/aromatic N) is 2. The number of halogens is 1. The summed E-state index contributed by atoms with van der Waals surface area (Å²) in [5, 5.41) is 2.97. The van der Waals surface area contributed by atoms with Crippen molar-refractivity contribution in [2.45, 2.75) is 6.54 Å². The van der Waals surface area contributed by atoms with Gasteiger partial charge >= 0.3 is 0 Å². The molecule has 1 heterocycles. The molecule has 1 aromatic carbocycles. The summed E-state index contributed by atoms with van der Waals surface area (Å²) in [6, 6.07) is 8.15. The highest BCUT2D eigenvalue weighted by atomic mass is 19.1. The number of rotatable bonds is 3. The van der Waals surface area contributed by atoms with Gasteiger partial charge in [0.2, 0.25) is 0 Å². The summed E-state index contributed by atoms with van der Waals surface area (Å²) in [7, 11) is 1.83. The lowest BCUT2D eigenvalue weighted by Crippen LogP contribution is -2.09. The van der Waals surface area contributed by atoms with Crippen LogP contribution in [0.25, 0.3) is 11.3 Å². The highest BCUT2D eigenvalue weighted by Gasteiger charge is 2.02. The third-order valence-electron chi connectivity index (χ3n) is 2.16. The van der Waals surface area contributed by atoms with Crippen LogP contribution in [0.5, 0.6) is 0 Å². The minimum Gasteiger partial charge on any atom is -0.313 e. The van der Waals surface area contributed by atoms with E-state index >= 15 is 0 Å². The van der Waals surface area contributed by atoms with E-state index in [4.69, 9.17) is 0 Å². The average molecular weight is 217 g/mol. The van der Waals surface area contributed by atoms with Gasteiger partial charge in [0.1, 0.15) is 11.6 Å². The zero-order chi connectivity index (χ0) is 11.4. The monoisotopic (exact) mass is 217 g/mol. The predicted molar refractivity (Wildman–Crippen MR) is 60.2 cm³/mol. The number of benzene rings is 1. The third-order valence-corrected chi connectivity index (χ3v) is 2.16. The summed E-state index contributed by atoms with van der Waals surface area (Å²) in [6.07, 6.45) is 1.68. The van der Waals surface area contributed by atoms with Crippen molar-refractivity contribution in [2.75, 3.05) is 7.05 Å². The molecule has 0 atom stereocenters. The minimum atomic E-state index is -0.258. The standard InChI is InChI=1S/C12H12FN3/c1-14-8-12-15-6-5-11(16-12)9-3-2-4-10(13)7-9/h2-7,14H,8H2,1H3. The number of hydrogen-bond donors (Lipinski definition) is 1. The Kier molecular flexibility index (Phi) is 3.22. The zero-order valence-corrected chi connectivity index (χ0v) is 8.94. The molecular formula is C12H12FN3. The van der Waals surface area contributed by atoms with Gasteiger partial charge in [-0.15, -0.1) is 0 Å². The molecule has 0 bridgehead atoms. The van der Waals surface area contributed by atoms with Crippen LogP contribution < -0.4 is 5.32 Å². The number of aromatic nitrogens is 2. The molecule has 1 N–H and O–H groups in total. The molecule has 0 unspecified atom stereocenters. The molecule has 0 aliphatic heterocycles. The van der Waals surface area contributed by atoms with Crippen LogP contribution in [0.4, 0.5) is 4.39 Å². The van der Waals surface area contributed by atoms with E-state index in [2.05, 4.69) is 15.3 Å². The van der Waals surface area contributed by atoms with Crippen molar-refractivity contribution in [1.29, 1.82) is 0 Å². The summed E-state index contributed by atoms with van der Waals surface area (Å²) >= 11 is 0. The average Bonchev–Trinajstić information content (AvgIpc) is 2.30. The maximum absolute atomic E-state index is 13.0. The van der Waals surface area contributed by atoms with Gasteiger partial charge < -0.3 is 5.32 Å². The van der Waals surface area contributed by atoms with Crippen LogP contribution in [0.3, 0.4) is 0 Å². The zero-order valence-electron chi connectivity index (χ0n) is 8.94. The van der Waals surface area contributed by atoms with Crippen LogP contribution in [-0.2, 0) is 6.54 Å². The Balaban J connectivity index is 2.36. The molecule has 2 aromatic rings. The van der Waals surface area contributed by atoms with Gasteiger partial charge in [-0.1, -0.05) is 12.1 Å². The molecule has 0 saturated carbocycles. The topological polar surface area (TPSA) is 37.8 Å². The Bertz CT molecular complexity index is 485. The molecular weight excluding hydrogens is 205 g/mol. The summed E-state index contributed by atoms with van der Waals surface area (Å²) < 4.78 is 13.0. The largest absolute Gasteiger partial charge is 0.313 e. The molecule has 1 aromatic heterocycles. The van der Waals surface area contributed by atoms with Crippen molar-refractivity contribution in [2.24, 2.45) is 0 Å². The van der Waals surface area contributed by atoms with Gasteiger partial charge in [0.05, 0.1) is 12.2 Å². The lowest BCUT2D eigenvalue weighted by atomic mass is 10.1. The molecule has 2 rings (SSSR count). The molecule has 82 valence electrons. The second-order valence-electron chi connectivity index (χ2n) is 3.40. The van der Waals surface area contributed by atoms with E-state index in [0.717, 1.165) is 11.3 Å². The van der Waals surface area contributed by atoms with E-state index in [1.54, 1.807) is 18.3 Å². The van der Waals surface area contributed by atoms with Crippen molar-refractivity contribution >= 4 is 0 Å². The maximum Gasteiger partial charge on any atom is 0.142 e. The molecule has 0 radical (unpaired) electrons. The lowest BCUT2D eigenvalue weighted by Gasteiger charge is -2.03. The van der Waals surface area contributed by atoms with Crippen molar-refractivity contribution in [3.63, 3.8) is 0 Å². The second-order valence-corrected chi connectivity index (χ2v) is 3.40. The van der Waals surface area contributed by atoms with Crippen LogP contribution in [0.1, 0.15) is 5.82 Å². The summed E-state index contributed by atoms with van der Waals surface area (Å²) in [5.41, 5.74) is 1.50. The predicted octanol–water partition coefficient (Wildman–Crippen LogP) is 2.00. The smallest absolute Gasteiger partial charge is 0.142 e. The van der Waals surface area contributed by atoms with E-state index < -0.39 is 0 Å². The SMILES string of the molecule is CNCc1nccc(-c2cccc(F)c2)n1. The Hall–Kier alpha value is -1.81. The maximum atomic E-state index is 13.0. The third kappa shape index (κ3) is 2.41. The molecule has 0 aliphatic carbocycles.